The average Bonchev–Trinajstić information content (AvgIpc) is 2.90. The molecule has 0 atom stereocenters. The molecule has 1 heterocycles. The van der Waals surface area contributed by atoms with E-state index in [9.17, 15) is 13.6 Å². The first-order valence-electron chi connectivity index (χ1n) is 12.8. The molecule has 194 valence electrons. The summed E-state index contributed by atoms with van der Waals surface area (Å²) < 4.78 is 32.7. The number of piperidine rings is 1. The highest BCUT2D eigenvalue weighted by Gasteiger charge is 2.38. The van der Waals surface area contributed by atoms with E-state index in [4.69, 9.17) is 4.74 Å². The molecule has 1 saturated heterocycles. The first kappa shape index (κ1) is 26.6. The third-order valence-corrected chi connectivity index (χ3v) is 7.33. The lowest BCUT2D eigenvalue weighted by Crippen LogP contribution is -2.45. The van der Waals surface area contributed by atoms with Crippen LogP contribution >= 0.6 is 0 Å². The number of halogens is 2. The molecule has 4 nitrogen and oxygen atoms in total. The Labute approximate surface area is 218 Å². The number of aryl methyl sites for hydroxylation is 1. The minimum absolute atomic E-state index is 0.216. The van der Waals surface area contributed by atoms with E-state index in [0.29, 0.717) is 6.47 Å². The highest BCUT2D eigenvalue weighted by molar-refractivity contribution is 5.42. The van der Waals surface area contributed by atoms with Crippen molar-refractivity contribution in [1.29, 1.82) is 0 Å². The molecule has 0 spiro atoms. The van der Waals surface area contributed by atoms with Crippen molar-refractivity contribution in [2.45, 2.75) is 37.7 Å². The summed E-state index contributed by atoms with van der Waals surface area (Å²) in [5, 5.41) is 3.44. The van der Waals surface area contributed by atoms with Crippen LogP contribution in [0.25, 0.3) is 0 Å². The lowest BCUT2D eigenvalue weighted by Gasteiger charge is -2.41. The van der Waals surface area contributed by atoms with E-state index in [-0.39, 0.29) is 17.6 Å². The fourth-order valence-corrected chi connectivity index (χ4v) is 5.32. The Morgan fingerprint density at radius 1 is 1.00 bits per heavy atom. The maximum atomic E-state index is 13.5. The van der Waals surface area contributed by atoms with Crippen molar-refractivity contribution in [2.75, 3.05) is 26.2 Å². The molecule has 0 aliphatic carbocycles. The third kappa shape index (κ3) is 6.44. The van der Waals surface area contributed by atoms with E-state index >= 15 is 0 Å². The smallest absolute Gasteiger partial charge is 0.293 e. The molecule has 3 aromatic carbocycles. The van der Waals surface area contributed by atoms with E-state index in [1.807, 2.05) is 12.1 Å². The zero-order chi connectivity index (χ0) is 26.3. The molecule has 3 aromatic rings. The average molecular weight is 505 g/mol. The van der Waals surface area contributed by atoms with E-state index in [1.54, 1.807) is 24.3 Å². The Morgan fingerprint density at radius 2 is 1.57 bits per heavy atom. The van der Waals surface area contributed by atoms with Crippen molar-refractivity contribution in [1.82, 2.24) is 10.2 Å². The van der Waals surface area contributed by atoms with E-state index < -0.39 is 5.60 Å². The molecular formula is C31H34F2N2O2. The van der Waals surface area contributed by atoms with Crippen molar-refractivity contribution in [3.8, 4) is 0 Å². The van der Waals surface area contributed by atoms with Crippen LogP contribution in [0.5, 0.6) is 0 Å². The number of hydrogen-bond donors (Lipinski definition) is 1. The van der Waals surface area contributed by atoms with Gasteiger partial charge in [0.1, 0.15) is 17.2 Å². The predicted molar refractivity (Wildman–Crippen MR) is 142 cm³/mol. The van der Waals surface area contributed by atoms with Gasteiger partial charge in [-0.3, -0.25) is 4.79 Å². The van der Waals surface area contributed by atoms with Gasteiger partial charge in [-0.2, -0.15) is 0 Å². The minimum atomic E-state index is -0.562. The fourth-order valence-electron chi connectivity index (χ4n) is 5.32. The van der Waals surface area contributed by atoms with Crippen LogP contribution in [0.4, 0.5) is 8.78 Å². The molecule has 1 aliphatic rings. The highest BCUT2D eigenvalue weighted by atomic mass is 19.1. The van der Waals surface area contributed by atoms with Gasteiger partial charge in [-0.1, -0.05) is 55.1 Å². The van der Waals surface area contributed by atoms with E-state index in [1.165, 1.54) is 24.3 Å². The van der Waals surface area contributed by atoms with Gasteiger partial charge in [0.15, 0.2) is 0 Å². The van der Waals surface area contributed by atoms with E-state index in [0.717, 1.165) is 73.4 Å². The third-order valence-electron chi connectivity index (χ3n) is 7.33. The number of carbonyl (C=O) groups is 1. The molecule has 6 heteroatoms. The zero-order valence-corrected chi connectivity index (χ0v) is 21.3. The summed E-state index contributed by atoms with van der Waals surface area (Å²) in [4.78, 5) is 13.7. The maximum Gasteiger partial charge on any atom is 0.293 e. The van der Waals surface area contributed by atoms with Gasteiger partial charge in [0.25, 0.3) is 6.47 Å². The van der Waals surface area contributed by atoms with Gasteiger partial charge < -0.3 is 15.0 Å². The second-order valence-electron chi connectivity index (χ2n) is 9.71. The highest BCUT2D eigenvalue weighted by Crippen LogP contribution is 2.38. The Morgan fingerprint density at radius 3 is 2.11 bits per heavy atom. The molecule has 0 bridgehead atoms. The summed E-state index contributed by atoms with van der Waals surface area (Å²) >= 11 is 0. The second-order valence-corrected chi connectivity index (χ2v) is 9.71. The van der Waals surface area contributed by atoms with Crippen molar-refractivity contribution in [2.24, 2.45) is 0 Å². The van der Waals surface area contributed by atoms with Crippen LogP contribution in [-0.2, 0) is 15.1 Å². The Hall–Kier alpha value is -3.51. The summed E-state index contributed by atoms with van der Waals surface area (Å²) in [5.74, 6) is -0.815. The number of carbonyl (C=O) groups excluding carboxylic acids is 1. The molecule has 4 rings (SSSR count). The van der Waals surface area contributed by atoms with E-state index in [2.05, 4.69) is 35.9 Å². The predicted octanol–water partition coefficient (Wildman–Crippen LogP) is 6.06. The van der Waals surface area contributed by atoms with Gasteiger partial charge in [-0.05, 0) is 66.4 Å². The molecule has 0 radical (unpaired) electrons. The molecule has 0 amide bonds. The first-order valence-corrected chi connectivity index (χ1v) is 12.8. The molecule has 1 N–H and O–H groups in total. The van der Waals surface area contributed by atoms with Gasteiger partial charge in [0, 0.05) is 44.1 Å². The number of rotatable bonds is 11. The van der Waals surface area contributed by atoms with Crippen LogP contribution in [0, 0.1) is 18.6 Å². The number of hydrogen-bond acceptors (Lipinski definition) is 4. The Balaban J connectivity index is 1.32. The summed E-state index contributed by atoms with van der Waals surface area (Å²) in [6.07, 6.45) is 2.42. The number of benzene rings is 3. The Bertz CT molecular complexity index is 1140. The van der Waals surface area contributed by atoms with Gasteiger partial charge in [0.2, 0.25) is 0 Å². The first-order chi connectivity index (χ1) is 17.9. The molecule has 1 fully saturated rings. The largest absolute Gasteiger partial charge is 0.456 e. The zero-order valence-electron chi connectivity index (χ0n) is 21.3. The fraction of sp³-hybridized carbons (Fsp3) is 0.323. The normalized spacial score (nSPS) is 15.4. The number of allylic oxidation sites excluding steroid dienone is 1. The second kappa shape index (κ2) is 12.2. The van der Waals surface area contributed by atoms with Crippen LogP contribution in [0.1, 0.15) is 47.4 Å². The quantitative estimate of drug-likeness (QED) is 0.255. The molecular weight excluding hydrogens is 470 g/mol. The van der Waals surface area contributed by atoms with Crippen LogP contribution < -0.4 is 5.32 Å². The standard InChI is InChI=1S/C31H34F2N2O2/c1-23-6-3-4-7-29(23)31(37-22-36)16-20-35(21-17-31)19-5-18-34-24(2)30(25-8-12-27(32)13-9-25)26-10-14-28(33)15-11-26/h3-4,6-15,22,30,34H,2,5,16-21H2,1H3. The lowest BCUT2D eigenvalue weighted by molar-refractivity contribution is -0.150. The van der Waals surface area contributed by atoms with Crippen LogP contribution in [-0.4, -0.2) is 37.6 Å². The van der Waals surface area contributed by atoms with Crippen molar-refractivity contribution in [3.05, 3.63) is 119 Å². The minimum Gasteiger partial charge on any atom is -0.456 e. The number of nitrogens with one attached hydrogen (secondary N) is 1. The lowest BCUT2D eigenvalue weighted by atomic mass is 9.82. The Kier molecular flexibility index (Phi) is 8.72. The van der Waals surface area contributed by atoms with Crippen LogP contribution in [0.15, 0.2) is 85.1 Å². The SMILES string of the molecule is C=C(NCCCN1CCC(OC=O)(c2ccccc2C)CC1)C(c1ccc(F)cc1)c1ccc(F)cc1. The van der Waals surface area contributed by atoms with Crippen molar-refractivity contribution >= 4 is 6.47 Å². The van der Waals surface area contributed by atoms with Gasteiger partial charge in [-0.25, -0.2) is 8.78 Å². The molecule has 37 heavy (non-hydrogen) atoms. The number of nitrogens with zero attached hydrogens (tertiary/aromatic N) is 1. The molecule has 0 saturated carbocycles. The summed E-state index contributed by atoms with van der Waals surface area (Å²) in [5.41, 5.74) is 4.24. The van der Waals surface area contributed by atoms with Crippen molar-refractivity contribution < 1.29 is 18.3 Å². The maximum absolute atomic E-state index is 13.5. The van der Waals surface area contributed by atoms with Crippen LogP contribution in [0.3, 0.4) is 0 Å². The summed E-state index contributed by atoms with van der Waals surface area (Å²) in [7, 11) is 0. The summed E-state index contributed by atoms with van der Waals surface area (Å²) in [6.45, 7) is 10.2. The monoisotopic (exact) mass is 504 g/mol. The molecule has 1 aliphatic heterocycles. The molecule has 0 aromatic heterocycles. The van der Waals surface area contributed by atoms with Gasteiger partial charge >= 0.3 is 0 Å². The molecule has 0 unspecified atom stereocenters. The number of ether oxygens (including phenoxy) is 1. The van der Waals surface area contributed by atoms with Crippen molar-refractivity contribution in [3.63, 3.8) is 0 Å². The number of likely N-dealkylation sites (tertiary alicyclic amines) is 1. The topological polar surface area (TPSA) is 41.6 Å². The summed E-state index contributed by atoms with van der Waals surface area (Å²) in [6, 6.07) is 20.8. The van der Waals surface area contributed by atoms with Gasteiger partial charge in [0.05, 0.1) is 0 Å². The van der Waals surface area contributed by atoms with Gasteiger partial charge in [-0.15, -0.1) is 0 Å². The van der Waals surface area contributed by atoms with Crippen LogP contribution in [0.2, 0.25) is 0 Å².